The molecule has 0 aliphatic carbocycles. The number of halogens is 2. The number of benzene rings is 2. The Balaban J connectivity index is 2.00. The third-order valence-corrected chi connectivity index (χ3v) is 4.10. The molecule has 2 rings (SSSR count). The fraction of sp³-hybridized carbons (Fsp3) is 0.133. The summed E-state index contributed by atoms with van der Waals surface area (Å²) in [7, 11) is 0. The smallest absolute Gasteiger partial charge is 0.237 e. The minimum atomic E-state index is -0.213. The predicted molar refractivity (Wildman–Crippen MR) is 86.9 cm³/mol. The zero-order chi connectivity index (χ0) is 14.5. The van der Waals surface area contributed by atoms with Crippen LogP contribution in [0.1, 0.15) is 6.92 Å². The Morgan fingerprint density at radius 1 is 1.10 bits per heavy atom. The number of amides is 1. The minimum Gasteiger partial charge on any atom is -0.325 e. The van der Waals surface area contributed by atoms with Crippen molar-refractivity contribution in [3.05, 3.63) is 58.6 Å². The van der Waals surface area contributed by atoms with Gasteiger partial charge < -0.3 is 5.32 Å². The van der Waals surface area contributed by atoms with E-state index < -0.39 is 0 Å². The molecule has 1 unspecified atom stereocenters. The second-order valence-electron chi connectivity index (χ2n) is 4.22. The molecule has 0 radical (unpaired) electrons. The maximum atomic E-state index is 12.1. The van der Waals surface area contributed by atoms with Crippen LogP contribution in [-0.2, 0) is 4.79 Å². The lowest BCUT2D eigenvalue weighted by Crippen LogP contribution is -2.22. The topological polar surface area (TPSA) is 29.1 Å². The molecule has 0 aliphatic heterocycles. The van der Waals surface area contributed by atoms with Crippen molar-refractivity contribution in [2.75, 3.05) is 5.32 Å². The van der Waals surface area contributed by atoms with Crippen LogP contribution in [0.15, 0.2) is 53.4 Å². The number of nitrogens with one attached hydrogen (secondary N) is 1. The molecule has 0 bridgehead atoms. The zero-order valence-corrected chi connectivity index (χ0v) is 13.1. The van der Waals surface area contributed by atoms with Crippen molar-refractivity contribution in [3.8, 4) is 0 Å². The van der Waals surface area contributed by atoms with Crippen molar-refractivity contribution in [3.63, 3.8) is 0 Å². The molecule has 1 amide bonds. The summed E-state index contributed by atoms with van der Waals surface area (Å²) in [6.45, 7) is 1.86. The summed E-state index contributed by atoms with van der Waals surface area (Å²) in [5.74, 6) is -0.0859. The number of hydrogen-bond acceptors (Lipinski definition) is 2. The third-order valence-electron chi connectivity index (χ3n) is 2.56. The summed E-state index contributed by atoms with van der Waals surface area (Å²) in [6, 6.07) is 14.8. The molecule has 0 saturated heterocycles. The number of rotatable bonds is 4. The maximum Gasteiger partial charge on any atom is 0.237 e. The Kier molecular flexibility index (Phi) is 5.35. The minimum absolute atomic E-state index is 0.0859. The monoisotopic (exact) mass is 325 g/mol. The highest BCUT2D eigenvalue weighted by Gasteiger charge is 2.14. The highest BCUT2D eigenvalue weighted by Crippen LogP contribution is 2.26. The van der Waals surface area contributed by atoms with Gasteiger partial charge in [0.2, 0.25) is 5.91 Å². The van der Waals surface area contributed by atoms with Crippen LogP contribution in [0, 0.1) is 0 Å². The largest absolute Gasteiger partial charge is 0.325 e. The molecule has 2 aromatic rings. The first kappa shape index (κ1) is 15.2. The number of thioether (sulfide) groups is 1. The molecular weight excluding hydrogens is 313 g/mol. The fourth-order valence-electron chi connectivity index (χ4n) is 1.63. The lowest BCUT2D eigenvalue weighted by atomic mass is 10.3. The summed E-state index contributed by atoms with van der Waals surface area (Å²) in [5, 5.41) is 3.60. The van der Waals surface area contributed by atoms with Crippen LogP contribution in [0.4, 0.5) is 5.69 Å². The lowest BCUT2D eigenvalue weighted by Gasteiger charge is -2.12. The lowest BCUT2D eigenvalue weighted by molar-refractivity contribution is -0.115. The van der Waals surface area contributed by atoms with E-state index in [1.165, 1.54) is 11.8 Å². The van der Waals surface area contributed by atoms with Crippen molar-refractivity contribution >= 4 is 46.6 Å². The van der Waals surface area contributed by atoms with Gasteiger partial charge in [-0.25, -0.2) is 0 Å². The van der Waals surface area contributed by atoms with E-state index in [2.05, 4.69) is 5.32 Å². The Morgan fingerprint density at radius 2 is 1.70 bits per heavy atom. The zero-order valence-electron chi connectivity index (χ0n) is 10.8. The Bertz CT molecular complexity index is 584. The van der Waals surface area contributed by atoms with E-state index in [0.717, 1.165) is 4.90 Å². The van der Waals surface area contributed by atoms with Crippen LogP contribution in [0.5, 0.6) is 0 Å². The average Bonchev–Trinajstić information content (AvgIpc) is 2.38. The normalized spacial score (nSPS) is 11.9. The van der Waals surface area contributed by atoms with Crippen LogP contribution in [0.3, 0.4) is 0 Å². The van der Waals surface area contributed by atoms with E-state index in [4.69, 9.17) is 23.2 Å². The van der Waals surface area contributed by atoms with E-state index in [1.54, 1.807) is 18.2 Å². The molecule has 0 aromatic heterocycles. The number of hydrogen-bond donors (Lipinski definition) is 1. The van der Waals surface area contributed by atoms with Gasteiger partial charge in [-0.05, 0) is 37.3 Å². The first-order valence-electron chi connectivity index (χ1n) is 6.03. The fourth-order valence-corrected chi connectivity index (χ4v) is 3.04. The van der Waals surface area contributed by atoms with Crippen molar-refractivity contribution in [1.82, 2.24) is 0 Å². The molecule has 0 fully saturated rings. The van der Waals surface area contributed by atoms with E-state index in [-0.39, 0.29) is 11.2 Å². The van der Waals surface area contributed by atoms with Crippen LogP contribution in [0.2, 0.25) is 10.0 Å². The molecule has 2 aromatic carbocycles. The highest BCUT2D eigenvalue weighted by atomic mass is 35.5. The summed E-state index contributed by atoms with van der Waals surface area (Å²) in [6.07, 6.45) is 0. The molecule has 0 spiro atoms. The Hall–Kier alpha value is -1.16. The molecule has 104 valence electrons. The Morgan fingerprint density at radius 3 is 2.30 bits per heavy atom. The van der Waals surface area contributed by atoms with E-state index >= 15 is 0 Å². The van der Waals surface area contributed by atoms with E-state index in [0.29, 0.717) is 15.7 Å². The molecular formula is C15H13Cl2NOS. The summed E-state index contributed by atoms with van der Waals surface area (Å²) in [5.41, 5.74) is 0.605. The predicted octanol–water partition coefficient (Wildman–Crippen LogP) is 5.11. The molecule has 0 aliphatic rings. The van der Waals surface area contributed by atoms with Gasteiger partial charge in [0.15, 0.2) is 0 Å². The van der Waals surface area contributed by atoms with E-state index in [9.17, 15) is 4.79 Å². The van der Waals surface area contributed by atoms with Crippen LogP contribution in [0.25, 0.3) is 0 Å². The quantitative estimate of drug-likeness (QED) is 0.791. The molecule has 5 heteroatoms. The van der Waals surface area contributed by atoms with Crippen molar-refractivity contribution < 1.29 is 4.79 Å². The van der Waals surface area contributed by atoms with Gasteiger partial charge in [0, 0.05) is 20.6 Å². The average molecular weight is 326 g/mol. The second-order valence-corrected chi connectivity index (χ2v) is 6.51. The van der Waals surface area contributed by atoms with Gasteiger partial charge in [0.1, 0.15) is 0 Å². The molecule has 0 heterocycles. The van der Waals surface area contributed by atoms with Crippen molar-refractivity contribution in [2.24, 2.45) is 0 Å². The maximum absolute atomic E-state index is 12.1. The van der Waals surface area contributed by atoms with Gasteiger partial charge in [0.25, 0.3) is 0 Å². The van der Waals surface area contributed by atoms with Crippen LogP contribution in [-0.4, -0.2) is 11.2 Å². The first-order chi connectivity index (χ1) is 9.54. The van der Waals surface area contributed by atoms with Gasteiger partial charge in [-0.1, -0.05) is 41.4 Å². The summed E-state index contributed by atoms with van der Waals surface area (Å²) < 4.78 is 0. The second kappa shape index (κ2) is 7.02. The van der Waals surface area contributed by atoms with Gasteiger partial charge in [-0.15, -0.1) is 11.8 Å². The molecule has 0 saturated carbocycles. The van der Waals surface area contributed by atoms with Gasteiger partial charge in [-0.3, -0.25) is 4.79 Å². The number of carbonyl (C=O) groups is 1. The number of carbonyl (C=O) groups excluding carboxylic acids is 1. The molecule has 1 atom stereocenters. The third kappa shape index (κ3) is 4.44. The van der Waals surface area contributed by atoms with Crippen molar-refractivity contribution in [1.29, 1.82) is 0 Å². The SMILES string of the molecule is CC(Sc1ccccc1)C(=O)Nc1cc(Cl)cc(Cl)c1. The van der Waals surface area contributed by atoms with Crippen LogP contribution < -0.4 is 5.32 Å². The summed E-state index contributed by atoms with van der Waals surface area (Å²) in [4.78, 5) is 13.2. The van der Waals surface area contributed by atoms with Gasteiger partial charge >= 0.3 is 0 Å². The van der Waals surface area contributed by atoms with Crippen molar-refractivity contribution in [2.45, 2.75) is 17.1 Å². The van der Waals surface area contributed by atoms with E-state index in [1.807, 2.05) is 37.3 Å². The standard InChI is InChI=1S/C15H13Cl2NOS/c1-10(20-14-5-3-2-4-6-14)15(19)18-13-8-11(16)7-12(17)9-13/h2-10H,1H3,(H,18,19). The van der Waals surface area contributed by atoms with Crippen LogP contribution >= 0.6 is 35.0 Å². The van der Waals surface area contributed by atoms with Gasteiger partial charge in [-0.2, -0.15) is 0 Å². The number of anilines is 1. The highest BCUT2D eigenvalue weighted by molar-refractivity contribution is 8.00. The molecule has 2 nitrogen and oxygen atoms in total. The molecule has 20 heavy (non-hydrogen) atoms. The van der Waals surface area contributed by atoms with Gasteiger partial charge in [0.05, 0.1) is 5.25 Å². The first-order valence-corrected chi connectivity index (χ1v) is 7.67. The summed E-state index contributed by atoms with van der Waals surface area (Å²) >= 11 is 13.3. The molecule has 1 N–H and O–H groups in total. The Labute approximate surface area is 132 Å².